The molecular weight excluding hydrogens is 230 g/mol. The zero-order valence-corrected chi connectivity index (χ0v) is 9.60. The van der Waals surface area contributed by atoms with Gasteiger partial charge in [0.15, 0.2) is 5.76 Å². The maximum Gasteiger partial charge on any atom is 0.266 e. The Morgan fingerprint density at radius 2 is 2.11 bits per heavy atom. The number of fused-ring (bicyclic) bond motifs is 1. The highest BCUT2D eigenvalue weighted by Crippen LogP contribution is 2.29. The van der Waals surface area contributed by atoms with E-state index in [1.165, 1.54) is 0 Å². The van der Waals surface area contributed by atoms with Crippen LogP contribution >= 0.6 is 0 Å². The third-order valence-corrected chi connectivity index (χ3v) is 2.64. The molecule has 0 spiro atoms. The topological polar surface area (TPSA) is 89.0 Å². The highest BCUT2D eigenvalue weighted by molar-refractivity contribution is 5.82. The molecule has 5 nitrogen and oxygen atoms in total. The van der Waals surface area contributed by atoms with Crippen molar-refractivity contribution in [1.29, 1.82) is 5.26 Å². The summed E-state index contributed by atoms with van der Waals surface area (Å²) in [5.74, 6) is 0.686. The number of nitriles is 1. The third-order valence-electron chi connectivity index (χ3n) is 2.64. The monoisotopic (exact) mass is 239 g/mol. The van der Waals surface area contributed by atoms with Crippen LogP contribution in [0.1, 0.15) is 11.3 Å². The van der Waals surface area contributed by atoms with Crippen molar-refractivity contribution in [2.24, 2.45) is 0 Å². The van der Waals surface area contributed by atoms with Crippen LogP contribution in [0.15, 0.2) is 33.1 Å². The van der Waals surface area contributed by atoms with Gasteiger partial charge in [-0.2, -0.15) is 10.2 Å². The zero-order chi connectivity index (χ0) is 12.7. The van der Waals surface area contributed by atoms with Crippen LogP contribution in [0.5, 0.6) is 0 Å². The van der Waals surface area contributed by atoms with Crippen LogP contribution in [0.4, 0.5) is 5.88 Å². The van der Waals surface area contributed by atoms with Crippen LogP contribution in [-0.4, -0.2) is 4.98 Å². The van der Waals surface area contributed by atoms with E-state index in [-0.39, 0.29) is 17.5 Å². The highest BCUT2D eigenvalue weighted by atomic mass is 16.4. The Morgan fingerprint density at radius 3 is 2.83 bits per heavy atom. The number of furan rings is 1. The van der Waals surface area contributed by atoms with Gasteiger partial charge in [0.25, 0.3) is 5.89 Å². The van der Waals surface area contributed by atoms with Gasteiger partial charge < -0.3 is 14.6 Å². The summed E-state index contributed by atoms with van der Waals surface area (Å²) in [4.78, 5) is 3.97. The number of hydrogen-bond donors (Lipinski definition) is 1. The maximum atomic E-state index is 8.77. The van der Waals surface area contributed by atoms with Crippen LogP contribution in [0, 0.1) is 18.3 Å². The number of anilines is 1. The molecule has 1 aromatic carbocycles. The Morgan fingerprint density at radius 1 is 1.28 bits per heavy atom. The summed E-state index contributed by atoms with van der Waals surface area (Å²) in [7, 11) is 0. The molecule has 0 fully saturated rings. The lowest BCUT2D eigenvalue weighted by atomic mass is 10.2. The molecule has 0 aliphatic carbocycles. The predicted molar refractivity (Wildman–Crippen MR) is 65.6 cm³/mol. The molecule has 88 valence electrons. The first-order valence-electron chi connectivity index (χ1n) is 5.34. The molecule has 0 aliphatic rings. The molecule has 2 N–H and O–H groups in total. The second-order valence-corrected chi connectivity index (χ2v) is 4.00. The quantitative estimate of drug-likeness (QED) is 0.705. The Kier molecular flexibility index (Phi) is 2.10. The summed E-state index contributed by atoms with van der Waals surface area (Å²) in [5, 5.41) is 9.73. The van der Waals surface area contributed by atoms with Crippen LogP contribution in [-0.2, 0) is 0 Å². The minimum absolute atomic E-state index is 0.00383. The largest absolute Gasteiger partial charge is 0.451 e. The molecule has 5 heteroatoms. The summed E-state index contributed by atoms with van der Waals surface area (Å²) in [6.45, 7) is 2.00. The van der Waals surface area contributed by atoms with E-state index in [4.69, 9.17) is 19.8 Å². The van der Waals surface area contributed by atoms with Gasteiger partial charge in [-0.25, -0.2) is 0 Å². The van der Waals surface area contributed by atoms with Gasteiger partial charge >= 0.3 is 0 Å². The minimum atomic E-state index is 0.00383. The number of nitrogens with zero attached hydrogens (tertiary/aromatic N) is 2. The van der Waals surface area contributed by atoms with Crippen molar-refractivity contribution in [1.82, 2.24) is 4.98 Å². The van der Waals surface area contributed by atoms with E-state index in [9.17, 15) is 0 Å². The van der Waals surface area contributed by atoms with Crippen molar-refractivity contribution < 1.29 is 8.83 Å². The number of benzene rings is 1. The second kappa shape index (κ2) is 3.64. The second-order valence-electron chi connectivity index (χ2n) is 4.00. The van der Waals surface area contributed by atoms with E-state index in [1.54, 1.807) is 0 Å². The third kappa shape index (κ3) is 1.52. The number of nitrogens with two attached hydrogens (primary N) is 1. The fourth-order valence-corrected chi connectivity index (χ4v) is 1.79. The Hall–Kier alpha value is -2.74. The molecule has 0 unspecified atom stereocenters. The van der Waals surface area contributed by atoms with Crippen LogP contribution in [0.25, 0.3) is 22.6 Å². The zero-order valence-electron chi connectivity index (χ0n) is 9.60. The van der Waals surface area contributed by atoms with E-state index in [0.717, 1.165) is 16.5 Å². The van der Waals surface area contributed by atoms with E-state index in [0.29, 0.717) is 5.76 Å². The molecule has 3 rings (SSSR count). The standard InChI is InChI=1S/C13H9N3O2/c1-7-2-3-10-8(4-7)5-11(17-10)13-16-9(6-14)12(15)18-13/h2-5H,15H2,1H3. The lowest BCUT2D eigenvalue weighted by Crippen LogP contribution is -1.83. The maximum absolute atomic E-state index is 8.77. The number of rotatable bonds is 1. The van der Waals surface area contributed by atoms with E-state index < -0.39 is 0 Å². The SMILES string of the molecule is Cc1ccc2oc(-c3nc(C#N)c(N)o3)cc2c1. The lowest BCUT2D eigenvalue weighted by Gasteiger charge is -1.89. The van der Waals surface area contributed by atoms with Gasteiger partial charge in [-0.05, 0) is 25.1 Å². The number of aromatic nitrogens is 1. The van der Waals surface area contributed by atoms with E-state index in [1.807, 2.05) is 37.3 Å². The van der Waals surface area contributed by atoms with Gasteiger partial charge in [0, 0.05) is 5.39 Å². The van der Waals surface area contributed by atoms with Crippen LogP contribution < -0.4 is 5.73 Å². The first-order valence-corrected chi connectivity index (χ1v) is 5.34. The fourth-order valence-electron chi connectivity index (χ4n) is 1.79. The first-order chi connectivity index (χ1) is 8.67. The number of aryl methyl sites for hydroxylation is 1. The molecule has 0 saturated carbocycles. The van der Waals surface area contributed by atoms with E-state index >= 15 is 0 Å². The molecule has 0 saturated heterocycles. The molecule has 18 heavy (non-hydrogen) atoms. The molecule has 2 aromatic heterocycles. The molecule has 3 aromatic rings. The summed E-state index contributed by atoms with van der Waals surface area (Å²) >= 11 is 0. The number of oxazole rings is 1. The average molecular weight is 239 g/mol. The summed E-state index contributed by atoms with van der Waals surface area (Å²) < 4.78 is 10.8. The van der Waals surface area contributed by atoms with Crippen molar-refractivity contribution in [3.8, 4) is 17.7 Å². The molecule has 0 radical (unpaired) electrons. The Bertz CT molecular complexity index is 777. The number of nitrogen functional groups attached to an aromatic ring is 1. The minimum Gasteiger partial charge on any atom is -0.451 e. The average Bonchev–Trinajstić information content (AvgIpc) is 2.91. The van der Waals surface area contributed by atoms with Gasteiger partial charge in [-0.15, -0.1) is 0 Å². The van der Waals surface area contributed by atoms with Gasteiger partial charge in [-0.3, -0.25) is 0 Å². The first kappa shape index (κ1) is 10.4. The van der Waals surface area contributed by atoms with Gasteiger partial charge in [-0.1, -0.05) is 11.6 Å². The van der Waals surface area contributed by atoms with E-state index in [2.05, 4.69) is 4.98 Å². The van der Waals surface area contributed by atoms with Gasteiger partial charge in [0.1, 0.15) is 11.7 Å². The van der Waals surface area contributed by atoms with Gasteiger partial charge in [0.05, 0.1) is 0 Å². The van der Waals surface area contributed by atoms with Crippen molar-refractivity contribution in [3.05, 3.63) is 35.5 Å². The Balaban J connectivity index is 2.16. The lowest BCUT2D eigenvalue weighted by molar-refractivity contribution is 0.546. The molecule has 0 atom stereocenters. The highest BCUT2D eigenvalue weighted by Gasteiger charge is 2.15. The van der Waals surface area contributed by atoms with Crippen molar-refractivity contribution in [2.45, 2.75) is 6.92 Å². The summed E-state index contributed by atoms with van der Waals surface area (Å²) in [5.41, 5.74) is 7.47. The molecular formula is C13H9N3O2. The molecule has 0 amide bonds. The summed E-state index contributed by atoms with van der Waals surface area (Å²) in [6.07, 6.45) is 0. The predicted octanol–water partition coefficient (Wildman–Crippen LogP) is 2.85. The molecule has 2 heterocycles. The Labute approximate surface area is 102 Å². The number of hydrogen-bond acceptors (Lipinski definition) is 5. The van der Waals surface area contributed by atoms with Crippen molar-refractivity contribution in [2.75, 3.05) is 5.73 Å². The summed E-state index contributed by atoms with van der Waals surface area (Å²) in [6, 6.07) is 9.51. The normalized spacial score (nSPS) is 10.7. The van der Waals surface area contributed by atoms with Crippen molar-refractivity contribution in [3.63, 3.8) is 0 Å². The van der Waals surface area contributed by atoms with Crippen LogP contribution in [0.3, 0.4) is 0 Å². The molecule has 0 bridgehead atoms. The molecule has 0 aliphatic heterocycles. The van der Waals surface area contributed by atoms with Crippen LogP contribution in [0.2, 0.25) is 0 Å². The van der Waals surface area contributed by atoms with Crippen molar-refractivity contribution >= 4 is 16.9 Å². The fraction of sp³-hybridized carbons (Fsp3) is 0.0769. The van der Waals surface area contributed by atoms with Gasteiger partial charge in [0.2, 0.25) is 11.6 Å². The smallest absolute Gasteiger partial charge is 0.266 e.